The van der Waals surface area contributed by atoms with Gasteiger partial charge in [0.05, 0.1) is 12.6 Å². The Balaban J connectivity index is 1.56. The van der Waals surface area contributed by atoms with Gasteiger partial charge in [-0.15, -0.1) is 0 Å². The third-order valence-corrected chi connectivity index (χ3v) is 6.76. The zero-order chi connectivity index (χ0) is 18.9. The molecule has 1 saturated carbocycles. The van der Waals surface area contributed by atoms with E-state index in [0.29, 0.717) is 44.4 Å². The number of aryl methyl sites for hydroxylation is 1. The molecular formula is C20H32N4O2. The van der Waals surface area contributed by atoms with Gasteiger partial charge in [0.1, 0.15) is 0 Å². The highest BCUT2D eigenvalue weighted by Crippen LogP contribution is 2.42. The quantitative estimate of drug-likeness (QED) is 0.830. The maximum absolute atomic E-state index is 13.1. The van der Waals surface area contributed by atoms with Gasteiger partial charge in [-0.05, 0) is 25.7 Å². The topological polar surface area (TPSA) is 58.4 Å². The zero-order valence-corrected chi connectivity index (χ0v) is 16.6. The SMILES string of the molecule is Cc1c(CC(=O)N2CCN(C(=O)C3(C)CCCCC3C)CC2)cnn1C. The number of piperazine rings is 1. The van der Waals surface area contributed by atoms with Crippen LogP contribution in [0.4, 0.5) is 0 Å². The Hall–Kier alpha value is -1.85. The van der Waals surface area contributed by atoms with Crippen molar-refractivity contribution in [1.29, 1.82) is 0 Å². The lowest BCUT2D eigenvalue weighted by molar-refractivity contribution is -0.150. The first-order valence-electron chi connectivity index (χ1n) is 9.87. The average molecular weight is 361 g/mol. The second-order valence-electron chi connectivity index (χ2n) is 8.29. The molecule has 1 aromatic heterocycles. The van der Waals surface area contributed by atoms with Crippen LogP contribution in [0.2, 0.25) is 0 Å². The highest BCUT2D eigenvalue weighted by molar-refractivity contribution is 5.83. The molecule has 144 valence electrons. The van der Waals surface area contributed by atoms with Crippen LogP contribution in [0.25, 0.3) is 0 Å². The van der Waals surface area contributed by atoms with Crippen LogP contribution in [0.5, 0.6) is 0 Å². The highest BCUT2D eigenvalue weighted by Gasteiger charge is 2.43. The van der Waals surface area contributed by atoms with Gasteiger partial charge in [0.2, 0.25) is 11.8 Å². The Labute approximate surface area is 156 Å². The lowest BCUT2D eigenvalue weighted by Crippen LogP contribution is -2.55. The molecule has 0 radical (unpaired) electrons. The van der Waals surface area contributed by atoms with Gasteiger partial charge in [-0.1, -0.05) is 26.7 Å². The summed E-state index contributed by atoms with van der Waals surface area (Å²) in [6, 6.07) is 0. The minimum Gasteiger partial charge on any atom is -0.339 e. The monoisotopic (exact) mass is 360 g/mol. The molecule has 3 rings (SSSR count). The summed E-state index contributed by atoms with van der Waals surface area (Å²) in [7, 11) is 1.89. The Kier molecular flexibility index (Phi) is 5.39. The molecule has 0 spiro atoms. The molecule has 2 amide bonds. The third kappa shape index (κ3) is 3.51. The van der Waals surface area contributed by atoms with Crippen molar-refractivity contribution >= 4 is 11.8 Å². The van der Waals surface area contributed by atoms with Crippen molar-refractivity contribution in [2.75, 3.05) is 26.2 Å². The first-order valence-corrected chi connectivity index (χ1v) is 9.87. The maximum atomic E-state index is 13.1. The molecule has 0 aromatic carbocycles. The van der Waals surface area contributed by atoms with E-state index in [0.717, 1.165) is 30.5 Å². The van der Waals surface area contributed by atoms with Crippen LogP contribution in [-0.2, 0) is 23.1 Å². The maximum Gasteiger partial charge on any atom is 0.228 e. The molecule has 0 bridgehead atoms. The van der Waals surface area contributed by atoms with Gasteiger partial charge in [-0.25, -0.2) is 0 Å². The van der Waals surface area contributed by atoms with E-state index >= 15 is 0 Å². The average Bonchev–Trinajstić information content (AvgIpc) is 2.96. The fourth-order valence-corrected chi connectivity index (χ4v) is 4.34. The van der Waals surface area contributed by atoms with Crippen LogP contribution in [0.3, 0.4) is 0 Å². The van der Waals surface area contributed by atoms with Crippen molar-refractivity contribution in [2.24, 2.45) is 18.4 Å². The summed E-state index contributed by atoms with van der Waals surface area (Å²) in [5, 5.41) is 4.21. The van der Waals surface area contributed by atoms with E-state index in [1.807, 2.05) is 23.8 Å². The smallest absolute Gasteiger partial charge is 0.228 e. The first kappa shape index (κ1) is 18.9. The minimum absolute atomic E-state index is 0.130. The van der Waals surface area contributed by atoms with Crippen LogP contribution < -0.4 is 0 Å². The zero-order valence-electron chi connectivity index (χ0n) is 16.6. The molecule has 2 heterocycles. The Morgan fingerprint density at radius 1 is 1.19 bits per heavy atom. The molecule has 2 fully saturated rings. The van der Waals surface area contributed by atoms with E-state index in [4.69, 9.17) is 0 Å². The predicted molar refractivity (Wildman–Crippen MR) is 101 cm³/mol. The van der Waals surface area contributed by atoms with Crippen molar-refractivity contribution in [1.82, 2.24) is 19.6 Å². The number of hydrogen-bond donors (Lipinski definition) is 0. The van der Waals surface area contributed by atoms with Gasteiger partial charge in [0.15, 0.2) is 0 Å². The highest BCUT2D eigenvalue weighted by atomic mass is 16.2. The van der Waals surface area contributed by atoms with Gasteiger partial charge < -0.3 is 9.80 Å². The molecule has 0 N–H and O–H groups in total. The number of hydrogen-bond acceptors (Lipinski definition) is 3. The summed E-state index contributed by atoms with van der Waals surface area (Å²) in [6.45, 7) is 8.91. The van der Waals surface area contributed by atoms with Crippen LogP contribution in [0.1, 0.15) is 50.8 Å². The van der Waals surface area contributed by atoms with Crippen LogP contribution in [0.15, 0.2) is 6.20 Å². The molecule has 2 atom stereocenters. The van der Waals surface area contributed by atoms with E-state index in [1.54, 1.807) is 10.9 Å². The molecule has 6 nitrogen and oxygen atoms in total. The Bertz CT molecular complexity index is 675. The number of nitrogens with zero attached hydrogens (tertiary/aromatic N) is 4. The molecular weight excluding hydrogens is 328 g/mol. The first-order chi connectivity index (χ1) is 12.3. The summed E-state index contributed by atoms with van der Waals surface area (Å²) in [4.78, 5) is 29.6. The molecule has 1 aromatic rings. The molecule has 1 aliphatic carbocycles. The fourth-order valence-electron chi connectivity index (χ4n) is 4.34. The molecule has 1 aliphatic heterocycles. The van der Waals surface area contributed by atoms with Gasteiger partial charge >= 0.3 is 0 Å². The normalized spacial score (nSPS) is 26.8. The van der Waals surface area contributed by atoms with Crippen molar-refractivity contribution in [2.45, 2.75) is 52.9 Å². The van der Waals surface area contributed by atoms with Crippen molar-refractivity contribution in [3.05, 3.63) is 17.5 Å². The predicted octanol–water partition coefficient (Wildman–Crippen LogP) is 2.16. The number of rotatable bonds is 3. The second-order valence-corrected chi connectivity index (χ2v) is 8.29. The van der Waals surface area contributed by atoms with E-state index < -0.39 is 0 Å². The molecule has 2 aliphatic rings. The third-order valence-electron chi connectivity index (χ3n) is 6.76. The summed E-state index contributed by atoms with van der Waals surface area (Å²) >= 11 is 0. The molecule has 26 heavy (non-hydrogen) atoms. The van der Waals surface area contributed by atoms with Gasteiger partial charge in [0, 0.05) is 49.9 Å². The van der Waals surface area contributed by atoms with E-state index in [1.165, 1.54) is 6.42 Å². The minimum atomic E-state index is -0.225. The fraction of sp³-hybridized carbons (Fsp3) is 0.750. The standard InChI is InChI=1S/C20H32N4O2/c1-15-7-5-6-8-20(15,3)19(26)24-11-9-23(10-12-24)18(25)13-17-14-21-22(4)16(17)2/h14-15H,5-13H2,1-4H3. The Morgan fingerprint density at radius 3 is 2.42 bits per heavy atom. The molecule has 1 saturated heterocycles. The van der Waals surface area contributed by atoms with E-state index in [9.17, 15) is 9.59 Å². The number of amides is 2. The van der Waals surface area contributed by atoms with Gasteiger partial charge in [-0.3, -0.25) is 14.3 Å². The van der Waals surface area contributed by atoms with Crippen LogP contribution in [0, 0.1) is 18.3 Å². The lowest BCUT2D eigenvalue weighted by atomic mass is 9.67. The van der Waals surface area contributed by atoms with Gasteiger partial charge in [-0.2, -0.15) is 5.10 Å². The second kappa shape index (κ2) is 7.41. The number of carbonyl (C=O) groups excluding carboxylic acids is 2. The lowest BCUT2D eigenvalue weighted by Gasteiger charge is -2.44. The summed E-state index contributed by atoms with van der Waals surface area (Å²) in [6.07, 6.45) is 6.69. The van der Waals surface area contributed by atoms with Crippen molar-refractivity contribution < 1.29 is 9.59 Å². The molecule has 2 unspecified atom stereocenters. The largest absolute Gasteiger partial charge is 0.339 e. The van der Waals surface area contributed by atoms with Crippen molar-refractivity contribution in [3.63, 3.8) is 0 Å². The van der Waals surface area contributed by atoms with E-state index in [-0.39, 0.29) is 11.3 Å². The molecule has 6 heteroatoms. The van der Waals surface area contributed by atoms with Crippen LogP contribution in [-0.4, -0.2) is 57.6 Å². The summed E-state index contributed by atoms with van der Waals surface area (Å²) in [5.74, 6) is 0.863. The Morgan fingerprint density at radius 2 is 1.85 bits per heavy atom. The van der Waals surface area contributed by atoms with E-state index in [2.05, 4.69) is 18.9 Å². The van der Waals surface area contributed by atoms with Crippen molar-refractivity contribution in [3.8, 4) is 0 Å². The number of carbonyl (C=O) groups is 2. The van der Waals surface area contributed by atoms with Gasteiger partial charge in [0.25, 0.3) is 0 Å². The number of aromatic nitrogens is 2. The van der Waals surface area contributed by atoms with Crippen LogP contribution >= 0.6 is 0 Å². The summed E-state index contributed by atoms with van der Waals surface area (Å²) < 4.78 is 1.80. The summed E-state index contributed by atoms with van der Waals surface area (Å²) in [5.41, 5.74) is 1.79.